The van der Waals surface area contributed by atoms with E-state index in [9.17, 15) is 18.0 Å². The summed E-state index contributed by atoms with van der Waals surface area (Å²) in [5.41, 5.74) is 0.382. The van der Waals surface area contributed by atoms with Crippen molar-refractivity contribution in [1.29, 1.82) is 0 Å². The zero-order chi connectivity index (χ0) is 21.4. The van der Waals surface area contributed by atoms with E-state index in [-0.39, 0.29) is 12.4 Å². The summed E-state index contributed by atoms with van der Waals surface area (Å²) in [5.74, 6) is -1.36. The number of hydrogen-bond donors (Lipinski definition) is 1. The van der Waals surface area contributed by atoms with E-state index in [0.717, 1.165) is 5.56 Å². The molecule has 1 N–H and O–H groups in total. The standard InChI is InChI=1S/C15H19N4O2.C3H3F3O/c1-15(2,3)21-13(20)6-10-19-9-5-12(11-18-19)14-16-7-4-8-17-14;1-2(7)3(4,5)6/h4-5,7-9,11H,6,10H2,1-3H3;7H,1H2/q+1;. The molecule has 0 aliphatic rings. The Hall–Kier alpha value is -3.04. The van der Waals surface area contributed by atoms with Crippen molar-refractivity contribution >= 4 is 5.97 Å². The van der Waals surface area contributed by atoms with E-state index in [0.29, 0.717) is 12.4 Å². The lowest BCUT2D eigenvalue weighted by molar-refractivity contribution is -0.753. The van der Waals surface area contributed by atoms with Crippen LogP contribution in [0, 0.1) is 0 Å². The summed E-state index contributed by atoms with van der Waals surface area (Å²) in [7, 11) is 0. The first-order valence-corrected chi connectivity index (χ1v) is 8.18. The van der Waals surface area contributed by atoms with E-state index in [1.54, 1.807) is 35.5 Å². The summed E-state index contributed by atoms with van der Waals surface area (Å²) >= 11 is 0. The van der Waals surface area contributed by atoms with Crippen LogP contribution < -0.4 is 4.68 Å². The van der Waals surface area contributed by atoms with Gasteiger partial charge in [0, 0.05) is 24.0 Å². The lowest BCUT2D eigenvalue weighted by Gasteiger charge is -2.18. The maximum atomic E-state index is 11.6. The molecule has 28 heavy (non-hydrogen) atoms. The first kappa shape index (κ1) is 23.0. The quantitative estimate of drug-likeness (QED) is 0.483. The van der Waals surface area contributed by atoms with Gasteiger partial charge in [-0.15, -0.1) is 0 Å². The lowest BCUT2D eigenvalue weighted by atomic mass is 10.2. The monoisotopic (exact) mass is 399 g/mol. The number of halogens is 3. The fourth-order valence-corrected chi connectivity index (χ4v) is 1.70. The summed E-state index contributed by atoms with van der Waals surface area (Å²) in [6.45, 7) is 8.29. The van der Waals surface area contributed by atoms with Crippen LogP contribution >= 0.6 is 0 Å². The number of rotatable bonds is 4. The second-order valence-electron chi connectivity index (χ2n) is 6.53. The SMILES string of the molecule is C=C(O)C(F)(F)F.CC(C)(C)OC(=O)CC[n+]1ccc(-c2ncccn2)cn1. The Morgan fingerprint density at radius 2 is 1.82 bits per heavy atom. The Morgan fingerprint density at radius 3 is 2.25 bits per heavy atom. The molecule has 0 fully saturated rings. The summed E-state index contributed by atoms with van der Waals surface area (Å²) in [4.78, 5) is 20.0. The number of esters is 1. The van der Waals surface area contributed by atoms with Crippen molar-refractivity contribution in [2.24, 2.45) is 0 Å². The molecule has 0 aliphatic carbocycles. The van der Waals surface area contributed by atoms with Crippen molar-refractivity contribution in [1.82, 2.24) is 15.1 Å². The van der Waals surface area contributed by atoms with Crippen molar-refractivity contribution in [2.75, 3.05) is 0 Å². The van der Waals surface area contributed by atoms with Crippen LogP contribution in [0.3, 0.4) is 0 Å². The maximum Gasteiger partial charge on any atom is 0.448 e. The summed E-state index contributed by atoms with van der Waals surface area (Å²) in [6, 6.07) is 3.64. The number of carbonyl (C=O) groups excluding carboxylic acids is 1. The normalized spacial score (nSPS) is 11.2. The highest BCUT2D eigenvalue weighted by atomic mass is 19.4. The van der Waals surface area contributed by atoms with Crippen LogP contribution in [0.5, 0.6) is 0 Å². The zero-order valence-electron chi connectivity index (χ0n) is 15.8. The molecule has 2 aromatic rings. The van der Waals surface area contributed by atoms with E-state index in [1.807, 2.05) is 26.8 Å². The Labute approximate surface area is 160 Å². The second-order valence-corrected chi connectivity index (χ2v) is 6.53. The van der Waals surface area contributed by atoms with Gasteiger partial charge in [-0.25, -0.2) is 9.97 Å². The molecule has 0 aliphatic heterocycles. The average Bonchev–Trinajstić information content (AvgIpc) is 2.59. The van der Waals surface area contributed by atoms with Gasteiger partial charge in [-0.2, -0.15) is 13.2 Å². The van der Waals surface area contributed by atoms with Crippen LogP contribution in [0.4, 0.5) is 13.2 Å². The molecule has 0 bridgehead atoms. The number of nitrogens with zero attached hydrogens (tertiary/aromatic N) is 4. The van der Waals surface area contributed by atoms with E-state index in [2.05, 4.69) is 21.6 Å². The Balaban J connectivity index is 0.000000480. The van der Waals surface area contributed by atoms with E-state index in [1.165, 1.54) is 0 Å². The van der Waals surface area contributed by atoms with Gasteiger partial charge in [-0.3, -0.25) is 4.79 Å². The molecule has 2 rings (SSSR count). The minimum Gasteiger partial charge on any atom is -0.505 e. The van der Waals surface area contributed by atoms with Crippen molar-refractivity contribution < 1.29 is 32.5 Å². The highest BCUT2D eigenvalue weighted by Gasteiger charge is 2.31. The Kier molecular flexibility index (Phi) is 8.02. The molecule has 7 nitrogen and oxygen atoms in total. The topological polar surface area (TPSA) is 89.1 Å². The van der Waals surface area contributed by atoms with E-state index < -0.39 is 17.5 Å². The number of hydrogen-bond acceptors (Lipinski definition) is 6. The molecule has 152 valence electrons. The fraction of sp³-hybridized carbons (Fsp3) is 0.389. The number of aromatic nitrogens is 4. The van der Waals surface area contributed by atoms with Crippen molar-refractivity contribution in [3.8, 4) is 11.4 Å². The predicted octanol–water partition coefficient (Wildman–Crippen LogP) is 3.18. The second kappa shape index (κ2) is 9.77. The smallest absolute Gasteiger partial charge is 0.448 e. The van der Waals surface area contributed by atoms with Gasteiger partial charge in [0.15, 0.2) is 24.3 Å². The average molecular weight is 399 g/mol. The molecule has 0 atom stereocenters. The largest absolute Gasteiger partial charge is 0.505 e. The molecule has 0 amide bonds. The first-order valence-electron chi connectivity index (χ1n) is 8.18. The van der Waals surface area contributed by atoms with Crippen LogP contribution in [0.2, 0.25) is 0 Å². The highest BCUT2D eigenvalue weighted by molar-refractivity contribution is 5.69. The molecule has 10 heteroatoms. The molecule has 2 aromatic heterocycles. The van der Waals surface area contributed by atoms with Crippen molar-refractivity contribution in [3.63, 3.8) is 0 Å². The molecule has 0 saturated carbocycles. The predicted molar refractivity (Wildman–Crippen MR) is 93.7 cm³/mol. The molecule has 2 heterocycles. The summed E-state index contributed by atoms with van der Waals surface area (Å²) in [5, 5.41) is 11.8. The highest BCUT2D eigenvalue weighted by Crippen LogP contribution is 2.20. The number of alkyl halides is 3. The molecular weight excluding hydrogens is 377 g/mol. The molecule has 0 radical (unpaired) electrons. The molecular formula is C18H22F3N4O3+. The number of aliphatic hydroxyl groups is 1. The van der Waals surface area contributed by atoms with Gasteiger partial charge < -0.3 is 9.84 Å². The molecule has 0 saturated heterocycles. The summed E-state index contributed by atoms with van der Waals surface area (Å²) < 4.78 is 39.4. The van der Waals surface area contributed by atoms with Gasteiger partial charge in [0.1, 0.15) is 18.2 Å². The van der Waals surface area contributed by atoms with E-state index in [4.69, 9.17) is 9.84 Å². The van der Waals surface area contributed by atoms with Crippen molar-refractivity contribution in [3.05, 3.63) is 49.3 Å². The van der Waals surface area contributed by atoms with Crippen LogP contribution in [-0.2, 0) is 16.1 Å². The minimum absolute atomic E-state index is 0.229. The third-order valence-electron chi connectivity index (χ3n) is 2.89. The Morgan fingerprint density at radius 1 is 1.25 bits per heavy atom. The van der Waals surface area contributed by atoms with Gasteiger partial charge in [0.25, 0.3) is 0 Å². The minimum atomic E-state index is -4.64. The molecule has 0 spiro atoms. The number of aliphatic hydroxyl groups excluding tert-OH is 1. The maximum absolute atomic E-state index is 11.6. The van der Waals surface area contributed by atoms with Gasteiger partial charge in [-0.1, -0.05) is 11.3 Å². The van der Waals surface area contributed by atoms with Crippen LogP contribution in [-0.4, -0.2) is 37.9 Å². The van der Waals surface area contributed by atoms with E-state index >= 15 is 0 Å². The third-order valence-corrected chi connectivity index (χ3v) is 2.89. The third kappa shape index (κ3) is 9.06. The van der Waals surface area contributed by atoms with Gasteiger partial charge in [0.05, 0.1) is 0 Å². The van der Waals surface area contributed by atoms with Crippen LogP contribution in [0.25, 0.3) is 11.4 Å². The summed E-state index contributed by atoms with van der Waals surface area (Å²) in [6.07, 6.45) is 2.51. The fourth-order valence-electron chi connectivity index (χ4n) is 1.70. The van der Waals surface area contributed by atoms with Gasteiger partial charge in [-0.05, 0) is 31.9 Å². The van der Waals surface area contributed by atoms with Crippen LogP contribution in [0.1, 0.15) is 27.2 Å². The van der Waals surface area contributed by atoms with Gasteiger partial charge in [0.2, 0.25) is 0 Å². The van der Waals surface area contributed by atoms with Gasteiger partial charge >= 0.3 is 12.1 Å². The number of carbonyl (C=O) groups is 1. The number of ether oxygens (including phenoxy) is 1. The lowest BCUT2D eigenvalue weighted by Crippen LogP contribution is -2.39. The first-order chi connectivity index (χ1) is 12.9. The Bertz CT molecular complexity index is 773. The van der Waals surface area contributed by atoms with Crippen molar-refractivity contribution in [2.45, 2.75) is 45.5 Å². The number of aryl methyl sites for hydroxylation is 1. The molecule has 0 aromatic carbocycles. The van der Waals surface area contributed by atoms with Crippen LogP contribution in [0.15, 0.2) is 49.3 Å². The molecule has 0 unspecified atom stereocenters. The zero-order valence-corrected chi connectivity index (χ0v) is 15.8. The number of allylic oxidation sites excluding steroid dienone is 1.